The van der Waals surface area contributed by atoms with E-state index in [0.717, 1.165) is 0 Å². The maximum atomic E-state index is 11.0. The van der Waals surface area contributed by atoms with E-state index in [-0.39, 0.29) is 19.0 Å². The van der Waals surface area contributed by atoms with Crippen LogP contribution in [0.1, 0.15) is 44.5 Å². The number of rotatable bonds is 4. The second kappa shape index (κ2) is 9.03. The van der Waals surface area contributed by atoms with Crippen molar-refractivity contribution >= 4 is 11.9 Å². The average molecular weight is 283 g/mol. The number of aliphatic hydroxyl groups excluding tert-OH is 1. The Morgan fingerprint density at radius 2 is 1.85 bits per heavy atom. The van der Waals surface area contributed by atoms with Gasteiger partial charge in [-0.25, -0.2) is 0 Å². The summed E-state index contributed by atoms with van der Waals surface area (Å²) >= 11 is 0. The SMILES string of the molecule is CC.CC(=O)OCc1c(CO)cnc(C)c1OC(C)=O. The summed E-state index contributed by atoms with van der Waals surface area (Å²) in [5.41, 5.74) is 1.40. The number of aliphatic hydroxyl groups is 1. The van der Waals surface area contributed by atoms with Crippen LogP contribution in [0.5, 0.6) is 5.75 Å². The van der Waals surface area contributed by atoms with Crippen molar-refractivity contribution in [2.75, 3.05) is 0 Å². The van der Waals surface area contributed by atoms with Gasteiger partial charge in [-0.3, -0.25) is 14.6 Å². The quantitative estimate of drug-likeness (QED) is 0.849. The molecule has 0 spiro atoms. The van der Waals surface area contributed by atoms with Crippen LogP contribution in [-0.4, -0.2) is 22.0 Å². The lowest BCUT2D eigenvalue weighted by Crippen LogP contribution is -2.11. The van der Waals surface area contributed by atoms with Crippen LogP contribution in [0, 0.1) is 6.92 Å². The Balaban J connectivity index is 0.00000172. The van der Waals surface area contributed by atoms with Crippen LogP contribution in [0.2, 0.25) is 0 Å². The molecule has 0 saturated heterocycles. The minimum atomic E-state index is -0.501. The minimum absolute atomic E-state index is 0.0722. The molecule has 0 saturated carbocycles. The lowest BCUT2D eigenvalue weighted by Gasteiger charge is -2.14. The second-order valence-corrected chi connectivity index (χ2v) is 3.71. The first-order valence-corrected chi connectivity index (χ1v) is 6.35. The van der Waals surface area contributed by atoms with Crippen LogP contribution in [0.3, 0.4) is 0 Å². The minimum Gasteiger partial charge on any atom is -0.461 e. The number of esters is 2. The molecule has 0 aliphatic carbocycles. The van der Waals surface area contributed by atoms with Crippen LogP contribution in [0.15, 0.2) is 6.20 Å². The molecule has 20 heavy (non-hydrogen) atoms. The summed E-state index contributed by atoms with van der Waals surface area (Å²) in [6.07, 6.45) is 1.46. The van der Waals surface area contributed by atoms with E-state index in [4.69, 9.17) is 9.47 Å². The molecular weight excluding hydrogens is 262 g/mol. The Morgan fingerprint density at radius 3 is 2.30 bits per heavy atom. The van der Waals surface area contributed by atoms with Gasteiger partial charge in [0.1, 0.15) is 6.61 Å². The fraction of sp³-hybridized carbons (Fsp3) is 0.500. The highest BCUT2D eigenvalue weighted by Gasteiger charge is 2.16. The van der Waals surface area contributed by atoms with Crippen molar-refractivity contribution in [2.45, 2.75) is 47.8 Å². The highest BCUT2D eigenvalue weighted by molar-refractivity contribution is 5.70. The standard InChI is InChI=1S/C12H15NO5.C2H6/c1-7-12(18-9(3)16)11(6-17-8(2)15)10(5-14)4-13-7;1-2/h4,14H,5-6H2,1-3H3;1-2H3. The molecule has 6 heteroatoms. The molecule has 0 radical (unpaired) electrons. The van der Waals surface area contributed by atoms with Gasteiger partial charge in [0.15, 0.2) is 5.75 Å². The summed E-state index contributed by atoms with van der Waals surface area (Å²) in [6, 6.07) is 0. The van der Waals surface area contributed by atoms with Crippen molar-refractivity contribution < 1.29 is 24.2 Å². The van der Waals surface area contributed by atoms with Gasteiger partial charge in [-0.2, -0.15) is 0 Å². The number of hydrogen-bond acceptors (Lipinski definition) is 6. The topological polar surface area (TPSA) is 85.7 Å². The maximum Gasteiger partial charge on any atom is 0.308 e. The fourth-order valence-corrected chi connectivity index (χ4v) is 1.42. The molecule has 0 aliphatic rings. The van der Waals surface area contributed by atoms with Crippen LogP contribution in [0.4, 0.5) is 0 Å². The Hall–Kier alpha value is -1.95. The van der Waals surface area contributed by atoms with E-state index in [9.17, 15) is 14.7 Å². The maximum absolute atomic E-state index is 11.0. The van der Waals surface area contributed by atoms with E-state index >= 15 is 0 Å². The van der Waals surface area contributed by atoms with E-state index in [1.807, 2.05) is 13.8 Å². The predicted molar refractivity (Wildman–Crippen MR) is 73.0 cm³/mol. The van der Waals surface area contributed by atoms with Gasteiger partial charge < -0.3 is 14.6 Å². The number of pyridine rings is 1. The van der Waals surface area contributed by atoms with Gasteiger partial charge in [0.2, 0.25) is 0 Å². The molecule has 0 atom stereocenters. The molecular formula is C14H21NO5. The molecule has 112 valence electrons. The van der Waals surface area contributed by atoms with Crippen molar-refractivity contribution in [3.8, 4) is 5.75 Å². The first-order chi connectivity index (χ1) is 9.45. The molecule has 6 nitrogen and oxygen atoms in total. The van der Waals surface area contributed by atoms with Crippen molar-refractivity contribution in [1.82, 2.24) is 4.98 Å². The number of ether oxygens (including phenoxy) is 2. The van der Waals surface area contributed by atoms with Gasteiger partial charge in [0, 0.05) is 31.2 Å². The van der Waals surface area contributed by atoms with Crippen molar-refractivity contribution in [3.63, 3.8) is 0 Å². The van der Waals surface area contributed by atoms with Crippen LogP contribution in [-0.2, 0) is 27.5 Å². The summed E-state index contributed by atoms with van der Waals surface area (Å²) in [7, 11) is 0. The zero-order chi connectivity index (χ0) is 15.7. The zero-order valence-corrected chi connectivity index (χ0v) is 12.5. The normalized spacial score (nSPS) is 9.30. The smallest absolute Gasteiger partial charge is 0.308 e. The second-order valence-electron chi connectivity index (χ2n) is 3.71. The van der Waals surface area contributed by atoms with Crippen molar-refractivity contribution in [2.24, 2.45) is 0 Å². The molecule has 1 rings (SSSR count). The predicted octanol–water partition coefficient (Wildman–Crippen LogP) is 1.90. The fourth-order valence-electron chi connectivity index (χ4n) is 1.42. The summed E-state index contributed by atoms with van der Waals surface area (Å²) < 4.78 is 9.93. The molecule has 1 heterocycles. The van der Waals surface area contributed by atoms with E-state index in [0.29, 0.717) is 16.8 Å². The molecule has 0 aliphatic heterocycles. The average Bonchev–Trinajstić information content (AvgIpc) is 2.41. The van der Waals surface area contributed by atoms with E-state index in [2.05, 4.69) is 4.98 Å². The largest absolute Gasteiger partial charge is 0.461 e. The van der Waals surface area contributed by atoms with Crippen LogP contribution >= 0.6 is 0 Å². The number of aryl methyl sites for hydroxylation is 1. The number of nitrogens with zero attached hydrogens (tertiary/aromatic N) is 1. The monoisotopic (exact) mass is 283 g/mol. The zero-order valence-electron chi connectivity index (χ0n) is 12.5. The Bertz CT molecular complexity index is 471. The molecule has 0 aromatic carbocycles. The first kappa shape index (κ1) is 18.0. The summed E-state index contributed by atoms with van der Waals surface area (Å²) in [4.78, 5) is 25.9. The number of carbonyl (C=O) groups is 2. The summed E-state index contributed by atoms with van der Waals surface area (Å²) in [5.74, 6) is -0.725. The van der Waals surface area contributed by atoms with Crippen LogP contribution < -0.4 is 4.74 Å². The van der Waals surface area contributed by atoms with Crippen molar-refractivity contribution in [3.05, 3.63) is 23.0 Å². The van der Waals surface area contributed by atoms with Gasteiger partial charge >= 0.3 is 11.9 Å². The van der Waals surface area contributed by atoms with Crippen LogP contribution in [0.25, 0.3) is 0 Å². The van der Waals surface area contributed by atoms with E-state index in [1.54, 1.807) is 6.92 Å². The molecule has 1 aromatic rings. The first-order valence-electron chi connectivity index (χ1n) is 6.35. The molecule has 1 aromatic heterocycles. The molecule has 0 fully saturated rings. The van der Waals surface area contributed by atoms with Gasteiger partial charge in [0.25, 0.3) is 0 Å². The molecule has 1 N–H and O–H groups in total. The third-order valence-corrected chi connectivity index (χ3v) is 2.24. The highest BCUT2D eigenvalue weighted by atomic mass is 16.5. The van der Waals surface area contributed by atoms with Gasteiger partial charge in [-0.05, 0) is 6.92 Å². The molecule has 0 unspecified atom stereocenters. The van der Waals surface area contributed by atoms with Crippen molar-refractivity contribution in [1.29, 1.82) is 0 Å². The molecule has 0 bridgehead atoms. The summed E-state index contributed by atoms with van der Waals surface area (Å²) in [5, 5.41) is 9.21. The number of hydrogen-bond donors (Lipinski definition) is 1. The highest BCUT2D eigenvalue weighted by Crippen LogP contribution is 2.26. The Morgan fingerprint density at radius 1 is 1.25 bits per heavy atom. The van der Waals surface area contributed by atoms with Gasteiger partial charge in [-0.15, -0.1) is 0 Å². The third kappa shape index (κ3) is 5.36. The lowest BCUT2D eigenvalue weighted by molar-refractivity contribution is -0.142. The Labute approximate surface area is 118 Å². The van der Waals surface area contributed by atoms with Gasteiger partial charge in [0.05, 0.1) is 12.3 Å². The van der Waals surface area contributed by atoms with Gasteiger partial charge in [-0.1, -0.05) is 13.8 Å². The Kier molecular flexibility index (Phi) is 8.15. The number of carbonyl (C=O) groups excluding carboxylic acids is 2. The van der Waals surface area contributed by atoms with E-state index < -0.39 is 11.9 Å². The third-order valence-electron chi connectivity index (χ3n) is 2.24. The number of aromatic nitrogens is 1. The summed E-state index contributed by atoms with van der Waals surface area (Å²) in [6.45, 7) is 7.85. The molecule has 0 amide bonds. The van der Waals surface area contributed by atoms with E-state index in [1.165, 1.54) is 20.0 Å². The lowest BCUT2D eigenvalue weighted by atomic mass is 10.1.